The van der Waals surface area contributed by atoms with Gasteiger partial charge in [-0.05, 0) is 42.8 Å². The Bertz CT molecular complexity index is 1310. The van der Waals surface area contributed by atoms with E-state index in [-0.39, 0.29) is 12.5 Å². The molecule has 0 aliphatic carbocycles. The minimum Gasteiger partial charge on any atom is -0.490 e. The lowest BCUT2D eigenvalue weighted by atomic mass is 10.2. The molecule has 0 saturated carbocycles. The van der Waals surface area contributed by atoms with Crippen molar-refractivity contribution in [1.29, 1.82) is 0 Å². The second kappa shape index (κ2) is 12.0. The van der Waals surface area contributed by atoms with Crippen molar-refractivity contribution in [3.05, 3.63) is 88.8 Å². The summed E-state index contributed by atoms with van der Waals surface area (Å²) in [6, 6.07) is 22.3. The smallest absolute Gasteiger partial charge is 0.262 e. The van der Waals surface area contributed by atoms with Gasteiger partial charge in [-0.3, -0.25) is 10.2 Å². The van der Waals surface area contributed by atoms with E-state index < -0.39 is 0 Å². The molecule has 1 amide bonds. The van der Waals surface area contributed by atoms with Crippen LogP contribution in [-0.4, -0.2) is 30.3 Å². The highest BCUT2D eigenvalue weighted by molar-refractivity contribution is 7.14. The van der Waals surface area contributed by atoms with Crippen molar-refractivity contribution in [2.75, 3.05) is 24.0 Å². The first-order chi connectivity index (χ1) is 17.1. The Morgan fingerprint density at radius 3 is 2.66 bits per heavy atom. The van der Waals surface area contributed by atoms with E-state index in [4.69, 9.17) is 21.1 Å². The van der Waals surface area contributed by atoms with Crippen LogP contribution in [0.4, 0.5) is 10.8 Å². The van der Waals surface area contributed by atoms with Gasteiger partial charge >= 0.3 is 0 Å². The van der Waals surface area contributed by atoms with E-state index in [9.17, 15) is 4.79 Å². The van der Waals surface area contributed by atoms with E-state index in [1.165, 1.54) is 11.3 Å². The number of hydrogen-bond acceptors (Lipinski definition) is 7. The highest BCUT2D eigenvalue weighted by atomic mass is 35.5. The number of amides is 1. The van der Waals surface area contributed by atoms with Gasteiger partial charge in [-0.25, -0.2) is 4.98 Å². The first-order valence-corrected chi connectivity index (χ1v) is 12.1. The quantitative estimate of drug-likeness (QED) is 0.194. The number of benzene rings is 3. The second-order valence-electron chi connectivity index (χ2n) is 7.23. The van der Waals surface area contributed by atoms with Crippen LogP contribution in [0, 0.1) is 0 Å². The monoisotopic (exact) mass is 506 g/mol. The number of hydrazone groups is 1. The third-order valence-electron chi connectivity index (χ3n) is 4.72. The van der Waals surface area contributed by atoms with Crippen molar-refractivity contribution < 1.29 is 14.3 Å². The lowest BCUT2D eigenvalue weighted by molar-refractivity contribution is -0.118. The maximum Gasteiger partial charge on any atom is 0.262 e. The molecule has 178 valence electrons. The van der Waals surface area contributed by atoms with Crippen LogP contribution in [0.2, 0.25) is 5.02 Å². The number of hydrogen-bond donors (Lipinski definition) is 2. The van der Waals surface area contributed by atoms with E-state index in [2.05, 4.69) is 20.8 Å². The lowest BCUT2D eigenvalue weighted by Gasteiger charge is -2.13. The number of carbonyl (C=O) groups is 1. The molecule has 4 aromatic rings. The Hall–Kier alpha value is -3.88. The van der Waals surface area contributed by atoms with E-state index >= 15 is 0 Å². The zero-order chi connectivity index (χ0) is 24.5. The van der Waals surface area contributed by atoms with Gasteiger partial charge in [0.15, 0.2) is 18.1 Å². The van der Waals surface area contributed by atoms with Gasteiger partial charge in [-0.1, -0.05) is 54.1 Å². The topological polar surface area (TPSA) is 84.8 Å². The van der Waals surface area contributed by atoms with E-state index in [0.717, 1.165) is 16.8 Å². The number of halogens is 1. The molecule has 0 unspecified atom stereocenters. The van der Waals surface area contributed by atoms with Gasteiger partial charge in [-0.2, -0.15) is 5.10 Å². The zero-order valence-electron chi connectivity index (χ0n) is 18.9. The summed E-state index contributed by atoms with van der Waals surface area (Å²) in [5, 5.41) is 10.1. The summed E-state index contributed by atoms with van der Waals surface area (Å²) < 4.78 is 11.4. The van der Waals surface area contributed by atoms with Crippen molar-refractivity contribution >= 4 is 45.9 Å². The molecule has 3 aromatic carbocycles. The fraction of sp³-hybridized carbons (Fsp3) is 0.115. The summed E-state index contributed by atoms with van der Waals surface area (Å²) in [4.78, 5) is 16.8. The molecule has 35 heavy (non-hydrogen) atoms. The third kappa shape index (κ3) is 6.81. The van der Waals surface area contributed by atoms with Crippen LogP contribution in [-0.2, 0) is 4.79 Å². The third-order valence-corrected chi connectivity index (χ3v) is 5.80. The number of thiazole rings is 1. The SMILES string of the molecule is CCOc1cc(C=NNc2nc(-c3ccccc3)cs2)ccc1OCC(=O)Nc1ccccc1Cl. The Labute approximate surface area is 212 Å². The van der Waals surface area contributed by atoms with E-state index in [1.54, 1.807) is 42.6 Å². The Morgan fingerprint density at radius 2 is 1.86 bits per heavy atom. The van der Waals surface area contributed by atoms with Gasteiger partial charge in [0.1, 0.15) is 0 Å². The summed E-state index contributed by atoms with van der Waals surface area (Å²) in [5.74, 6) is 0.648. The molecule has 2 N–H and O–H groups in total. The highest BCUT2D eigenvalue weighted by Gasteiger charge is 2.10. The number of aromatic nitrogens is 1. The number of nitrogens with zero attached hydrogens (tertiary/aromatic N) is 2. The average molecular weight is 507 g/mol. The fourth-order valence-corrected chi connectivity index (χ4v) is 3.96. The number of rotatable bonds is 10. The molecule has 9 heteroatoms. The number of anilines is 2. The zero-order valence-corrected chi connectivity index (χ0v) is 20.5. The second-order valence-corrected chi connectivity index (χ2v) is 8.50. The minimum absolute atomic E-state index is 0.186. The Balaban J connectivity index is 1.36. The van der Waals surface area contributed by atoms with Gasteiger partial charge in [-0.15, -0.1) is 11.3 Å². The molecule has 0 bridgehead atoms. The molecule has 0 aliphatic heterocycles. The van der Waals surface area contributed by atoms with Gasteiger partial charge < -0.3 is 14.8 Å². The molecule has 1 heterocycles. The van der Waals surface area contributed by atoms with Gasteiger partial charge in [0, 0.05) is 10.9 Å². The number of nitrogens with one attached hydrogen (secondary N) is 2. The largest absolute Gasteiger partial charge is 0.490 e. The van der Waals surface area contributed by atoms with Gasteiger partial charge in [0.2, 0.25) is 5.13 Å². The predicted octanol–water partition coefficient (Wildman–Crippen LogP) is 6.33. The molecule has 4 rings (SSSR count). The lowest BCUT2D eigenvalue weighted by Crippen LogP contribution is -2.20. The fourth-order valence-electron chi connectivity index (χ4n) is 3.11. The van der Waals surface area contributed by atoms with Crippen LogP contribution >= 0.6 is 22.9 Å². The molecule has 0 atom stereocenters. The van der Waals surface area contributed by atoms with Gasteiger partial charge in [0.25, 0.3) is 5.91 Å². The number of para-hydroxylation sites is 1. The van der Waals surface area contributed by atoms with Crippen LogP contribution in [0.1, 0.15) is 12.5 Å². The summed E-state index contributed by atoms with van der Waals surface area (Å²) >= 11 is 7.56. The summed E-state index contributed by atoms with van der Waals surface area (Å²) in [6.45, 7) is 2.14. The molecule has 0 radical (unpaired) electrons. The average Bonchev–Trinajstić information content (AvgIpc) is 3.35. The standard InChI is InChI=1S/C26H23ClN4O3S/c1-2-33-24-14-18(15-28-31-26-30-22(17-35-26)19-8-4-3-5-9-19)12-13-23(24)34-16-25(32)29-21-11-7-6-10-20(21)27/h3-15,17H,2,16H2,1H3,(H,29,32)(H,30,31). The first-order valence-electron chi connectivity index (χ1n) is 10.9. The molecular weight excluding hydrogens is 484 g/mol. The van der Waals surface area contributed by atoms with Crippen LogP contribution < -0.4 is 20.2 Å². The van der Waals surface area contributed by atoms with Crippen LogP contribution in [0.15, 0.2) is 83.3 Å². The number of ether oxygens (including phenoxy) is 2. The summed E-state index contributed by atoms with van der Waals surface area (Å²) in [6.07, 6.45) is 1.67. The van der Waals surface area contributed by atoms with Gasteiger partial charge in [0.05, 0.1) is 29.2 Å². The molecular formula is C26H23ClN4O3S. The maximum absolute atomic E-state index is 12.3. The van der Waals surface area contributed by atoms with Crippen molar-refractivity contribution in [3.63, 3.8) is 0 Å². The van der Waals surface area contributed by atoms with Crippen LogP contribution in [0.5, 0.6) is 11.5 Å². The summed E-state index contributed by atoms with van der Waals surface area (Å²) in [7, 11) is 0. The first kappa shape index (κ1) is 24.3. The normalized spacial score (nSPS) is 10.8. The van der Waals surface area contributed by atoms with Crippen molar-refractivity contribution in [3.8, 4) is 22.8 Å². The minimum atomic E-state index is -0.325. The Kier molecular flexibility index (Phi) is 8.32. The Morgan fingerprint density at radius 1 is 1.06 bits per heavy atom. The van der Waals surface area contributed by atoms with Crippen LogP contribution in [0.25, 0.3) is 11.3 Å². The molecule has 0 fully saturated rings. The predicted molar refractivity (Wildman–Crippen MR) is 142 cm³/mol. The van der Waals surface area contributed by atoms with Crippen LogP contribution in [0.3, 0.4) is 0 Å². The van der Waals surface area contributed by atoms with E-state index in [1.807, 2.05) is 48.7 Å². The maximum atomic E-state index is 12.3. The molecule has 0 saturated heterocycles. The van der Waals surface area contributed by atoms with E-state index in [0.29, 0.717) is 33.9 Å². The van der Waals surface area contributed by atoms with Crippen molar-refractivity contribution in [1.82, 2.24) is 4.98 Å². The molecule has 0 aliphatic rings. The molecule has 1 aromatic heterocycles. The number of carbonyl (C=O) groups excluding carboxylic acids is 1. The van der Waals surface area contributed by atoms with Crippen molar-refractivity contribution in [2.45, 2.75) is 6.92 Å². The molecule has 7 nitrogen and oxygen atoms in total. The highest BCUT2D eigenvalue weighted by Crippen LogP contribution is 2.29. The van der Waals surface area contributed by atoms with Crippen molar-refractivity contribution in [2.24, 2.45) is 5.10 Å². The molecule has 0 spiro atoms. The summed E-state index contributed by atoms with van der Waals surface area (Å²) in [5.41, 5.74) is 6.24.